The van der Waals surface area contributed by atoms with Gasteiger partial charge in [-0.2, -0.15) is 4.37 Å². The highest BCUT2D eigenvalue weighted by Gasteiger charge is 2.45. The molecule has 3 heterocycles. The highest BCUT2D eigenvalue weighted by molar-refractivity contribution is 7.10. The van der Waals surface area contributed by atoms with Gasteiger partial charge < -0.3 is 14.5 Å². The molecule has 4 unspecified atom stereocenters. The van der Waals surface area contributed by atoms with Crippen molar-refractivity contribution in [3.63, 3.8) is 0 Å². The normalized spacial score (nSPS) is 30.8. The fraction of sp³-hybridized carbons (Fsp3) is 0.773. The standard InChI is InChI=1S/C22H33N3O3S/c1-14-12-20(29-23-14)24(3)21(26)17-7-10-25(11-8-17)9-6-16-4-5-18-19(15(16)2)13-28-22(18)27/h12,15-19H,4-11,13H2,1-3H3. The van der Waals surface area contributed by atoms with Crippen molar-refractivity contribution < 1.29 is 14.3 Å². The Bertz CT molecular complexity index is 743. The highest BCUT2D eigenvalue weighted by Crippen LogP contribution is 2.44. The fourth-order valence-corrected chi connectivity index (χ4v) is 6.21. The van der Waals surface area contributed by atoms with E-state index in [0.29, 0.717) is 24.4 Å². The third-order valence-corrected chi connectivity index (χ3v) is 8.49. The Morgan fingerprint density at radius 3 is 2.76 bits per heavy atom. The average Bonchev–Trinajstić information content (AvgIpc) is 3.33. The Kier molecular flexibility index (Phi) is 6.25. The van der Waals surface area contributed by atoms with Crippen molar-refractivity contribution in [3.8, 4) is 0 Å². The van der Waals surface area contributed by atoms with E-state index < -0.39 is 0 Å². The van der Waals surface area contributed by atoms with Crippen LogP contribution in [0.1, 0.15) is 44.7 Å². The van der Waals surface area contributed by atoms with Gasteiger partial charge in [-0.1, -0.05) is 6.92 Å². The SMILES string of the molecule is Cc1cc(N(C)C(=O)C2CCN(CCC3CCC4C(=O)OCC4C3C)CC2)sn1. The fourth-order valence-electron chi connectivity index (χ4n) is 5.48. The van der Waals surface area contributed by atoms with Crippen LogP contribution in [0.15, 0.2) is 6.07 Å². The first kappa shape index (κ1) is 20.8. The highest BCUT2D eigenvalue weighted by atomic mass is 32.1. The molecule has 0 aromatic carbocycles. The summed E-state index contributed by atoms with van der Waals surface area (Å²) in [6, 6.07) is 1.98. The first-order valence-electron chi connectivity index (χ1n) is 11.0. The molecule has 3 aliphatic rings. The summed E-state index contributed by atoms with van der Waals surface area (Å²) in [6.45, 7) is 8.00. The third-order valence-electron chi connectivity index (χ3n) is 7.53. The molecule has 0 radical (unpaired) electrons. The lowest BCUT2D eigenvalue weighted by Gasteiger charge is -2.38. The number of rotatable bonds is 5. The molecule has 0 N–H and O–H groups in total. The van der Waals surface area contributed by atoms with E-state index in [1.54, 1.807) is 4.90 Å². The van der Waals surface area contributed by atoms with Crippen LogP contribution in [0.4, 0.5) is 5.00 Å². The Hall–Kier alpha value is -1.47. The van der Waals surface area contributed by atoms with Gasteiger partial charge >= 0.3 is 5.97 Å². The van der Waals surface area contributed by atoms with E-state index in [2.05, 4.69) is 16.2 Å². The zero-order chi connectivity index (χ0) is 20.5. The van der Waals surface area contributed by atoms with Crippen LogP contribution in [0.25, 0.3) is 0 Å². The lowest BCUT2D eigenvalue weighted by atomic mass is 9.67. The van der Waals surface area contributed by atoms with E-state index >= 15 is 0 Å². The van der Waals surface area contributed by atoms with E-state index in [4.69, 9.17) is 4.74 Å². The molecular weight excluding hydrogens is 386 g/mol. The van der Waals surface area contributed by atoms with Crippen LogP contribution in [0, 0.1) is 36.5 Å². The molecule has 1 aromatic heterocycles. The number of carbonyl (C=O) groups excluding carboxylic acids is 2. The number of anilines is 1. The Balaban J connectivity index is 1.22. The summed E-state index contributed by atoms with van der Waals surface area (Å²) in [5, 5.41) is 0.939. The number of fused-ring (bicyclic) bond motifs is 1. The summed E-state index contributed by atoms with van der Waals surface area (Å²) in [5.41, 5.74) is 0.969. The predicted octanol–water partition coefficient (Wildman–Crippen LogP) is 3.35. The van der Waals surface area contributed by atoms with Gasteiger partial charge in [0.1, 0.15) is 5.00 Å². The number of cyclic esters (lactones) is 1. The average molecular weight is 420 g/mol. The van der Waals surface area contributed by atoms with Crippen LogP contribution in [0.2, 0.25) is 0 Å². The smallest absolute Gasteiger partial charge is 0.309 e. The second-order valence-corrected chi connectivity index (χ2v) is 9.99. The number of esters is 1. The molecule has 1 amide bonds. The number of amides is 1. The van der Waals surface area contributed by atoms with Gasteiger partial charge in [-0.05, 0) is 88.1 Å². The second-order valence-electron chi connectivity index (χ2n) is 9.21. The maximum absolute atomic E-state index is 12.8. The van der Waals surface area contributed by atoms with Gasteiger partial charge in [0.2, 0.25) is 5.91 Å². The largest absolute Gasteiger partial charge is 0.465 e. The molecule has 4 atom stereocenters. The topological polar surface area (TPSA) is 62.7 Å². The third kappa shape index (κ3) is 4.36. The number of aryl methyl sites for hydroxylation is 1. The summed E-state index contributed by atoms with van der Waals surface area (Å²) < 4.78 is 9.60. The van der Waals surface area contributed by atoms with Crippen molar-refractivity contribution in [3.05, 3.63) is 11.8 Å². The van der Waals surface area contributed by atoms with Crippen LogP contribution in [-0.2, 0) is 14.3 Å². The van der Waals surface area contributed by atoms with Gasteiger partial charge in [0.15, 0.2) is 0 Å². The molecule has 0 spiro atoms. The molecule has 3 fully saturated rings. The molecule has 1 saturated carbocycles. The molecule has 6 nitrogen and oxygen atoms in total. The first-order valence-corrected chi connectivity index (χ1v) is 11.8. The van der Waals surface area contributed by atoms with Crippen molar-refractivity contribution in [1.29, 1.82) is 0 Å². The molecule has 2 saturated heterocycles. The van der Waals surface area contributed by atoms with Gasteiger partial charge in [-0.25, -0.2) is 0 Å². The zero-order valence-electron chi connectivity index (χ0n) is 17.8. The molecule has 4 rings (SSSR count). The summed E-state index contributed by atoms with van der Waals surface area (Å²) in [7, 11) is 1.87. The van der Waals surface area contributed by atoms with Crippen molar-refractivity contribution in [1.82, 2.24) is 9.27 Å². The summed E-state index contributed by atoms with van der Waals surface area (Å²) >= 11 is 1.40. The lowest BCUT2D eigenvalue weighted by Crippen LogP contribution is -2.42. The maximum Gasteiger partial charge on any atom is 0.309 e. The number of hydrogen-bond acceptors (Lipinski definition) is 6. The van der Waals surface area contributed by atoms with Crippen LogP contribution in [0.3, 0.4) is 0 Å². The summed E-state index contributed by atoms with van der Waals surface area (Å²) in [6.07, 6.45) is 5.21. The van der Waals surface area contributed by atoms with Crippen LogP contribution in [-0.4, -0.2) is 54.4 Å². The minimum atomic E-state index is 0.0329. The van der Waals surface area contributed by atoms with Crippen molar-refractivity contribution >= 4 is 28.4 Å². The van der Waals surface area contributed by atoms with E-state index in [1.165, 1.54) is 18.0 Å². The van der Waals surface area contributed by atoms with Gasteiger partial charge in [-0.15, -0.1) is 0 Å². The van der Waals surface area contributed by atoms with Gasteiger partial charge in [-0.3, -0.25) is 9.59 Å². The number of nitrogens with zero attached hydrogens (tertiary/aromatic N) is 3. The van der Waals surface area contributed by atoms with E-state index in [1.807, 2.05) is 20.0 Å². The van der Waals surface area contributed by atoms with Gasteiger partial charge in [0.05, 0.1) is 18.2 Å². The minimum absolute atomic E-state index is 0.0329. The summed E-state index contributed by atoms with van der Waals surface area (Å²) in [5.74, 6) is 2.21. The van der Waals surface area contributed by atoms with E-state index in [9.17, 15) is 9.59 Å². The van der Waals surface area contributed by atoms with Crippen LogP contribution < -0.4 is 4.90 Å². The molecule has 1 aromatic rings. The van der Waals surface area contributed by atoms with Gasteiger partial charge in [0.25, 0.3) is 0 Å². The van der Waals surface area contributed by atoms with Crippen molar-refractivity contribution in [2.24, 2.45) is 29.6 Å². The Morgan fingerprint density at radius 1 is 1.31 bits per heavy atom. The molecule has 1 aliphatic carbocycles. The van der Waals surface area contributed by atoms with Crippen LogP contribution in [0.5, 0.6) is 0 Å². The van der Waals surface area contributed by atoms with Crippen molar-refractivity contribution in [2.75, 3.05) is 38.2 Å². The molecule has 2 aliphatic heterocycles. The summed E-state index contributed by atoms with van der Waals surface area (Å²) in [4.78, 5) is 29.0. The molecule has 0 bridgehead atoms. The molecule has 7 heteroatoms. The quantitative estimate of drug-likeness (QED) is 0.685. The molecule has 160 valence electrons. The number of likely N-dealkylation sites (tertiary alicyclic amines) is 1. The number of carbonyl (C=O) groups is 2. The van der Waals surface area contributed by atoms with Gasteiger partial charge in [0, 0.05) is 18.9 Å². The van der Waals surface area contributed by atoms with E-state index in [0.717, 1.165) is 56.0 Å². The molecule has 29 heavy (non-hydrogen) atoms. The zero-order valence-corrected chi connectivity index (χ0v) is 18.6. The number of aromatic nitrogens is 1. The first-order chi connectivity index (χ1) is 13.9. The lowest BCUT2D eigenvalue weighted by molar-refractivity contribution is -0.141. The molecular formula is C22H33N3O3S. The Labute approximate surface area is 177 Å². The second kappa shape index (κ2) is 8.72. The number of ether oxygens (including phenoxy) is 1. The number of piperidine rings is 1. The van der Waals surface area contributed by atoms with Crippen LogP contribution >= 0.6 is 11.5 Å². The minimum Gasteiger partial charge on any atom is -0.465 e. The maximum atomic E-state index is 12.8. The Morgan fingerprint density at radius 2 is 2.07 bits per heavy atom. The van der Waals surface area contributed by atoms with Crippen molar-refractivity contribution in [2.45, 2.75) is 46.0 Å². The van der Waals surface area contributed by atoms with E-state index in [-0.39, 0.29) is 23.7 Å². The number of hydrogen-bond donors (Lipinski definition) is 0. The monoisotopic (exact) mass is 419 g/mol. The predicted molar refractivity (Wildman–Crippen MR) is 114 cm³/mol.